The molecule has 2 N–H and O–H groups in total. The third-order valence-corrected chi connectivity index (χ3v) is 3.01. The van der Waals surface area contributed by atoms with E-state index in [1.54, 1.807) is 13.2 Å². The third-order valence-electron chi connectivity index (χ3n) is 3.01. The number of methoxy groups -OCH3 is 1. The maximum absolute atomic E-state index is 12.0. The largest absolute Gasteiger partial charge is 0.462 e. The summed E-state index contributed by atoms with van der Waals surface area (Å²) in [5.74, 6) is -0.338. The van der Waals surface area contributed by atoms with E-state index in [4.69, 9.17) is 19.9 Å². The number of aryl methyl sites for hydroxylation is 1. The summed E-state index contributed by atoms with van der Waals surface area (Å²) >= 11 is 0. The lowest BCUT2D eigenvalue weighted by Crippen LogP contribution is -2.11. The van der Waals surface area contributed by atoms with E-state index >= 15 is 0 Å². The molecular weight excluding hydrogens is 258 g/mol. The van der Waals surface area contributed by atoms with E-state index in [2.05, 4.69) is 0 Å². The Hall–Kier alpha value is -1.59. The normalized spacial score (nSPS) is 10.6. The Morgan fingerprint density at radius 2 is 1.90 bits per heavy atom. The Morgan fingerprint density at radius 1 is 1.15 bits per heavy atom. The van der Waals surface area contributed by atoms with E-state index in [-0.39, 0.29) is 5.97 Å². The molecule has 0 radical (unpaired) electrons. The van der Waals surface area contributed by atoms with Crippen LogP contribution in [-0.4, -0.2) is 39.5 Å². The van der Waals surface area contributed by atoms with Gasteiger partial charge in [0, 0.05) is 25.8 Å². The van der Waals surface area contributed by atoms with Crippen molar-refractivity contribution in [3.05, 3.63) is 28.8 Å². The molecule has 5 nitrogen and oxygen atoms in total. The summed E-state index contributed by atoms with van der Waals surface area (Å²) in [6.45, 7) is 5.82. The highest BCUT2D eigenvalue weighted by Crippen LogP contribution is 2.18. The average Bonchev–Trinajstić information content (AvgIpc) is 2.41. The molecule has 5 heteroatoms. The van der Waals surface area contributed by atoms with Crippen LogP contribution in [0.25, 0.3) is 0 Å². The first-order chi connectivity index (χ1) is 9.56. The number of nitrogen functional groups attached to an aromatic ring is 1. The summed E-state index contributed by atoms with van der Waals surface area (Å²) < 4.78 is 15.4. The number of rotatable bonds is 8. The van der Waals surface area contributed by atoms with Crippen molar-refractivity contribution >= 4 is 11.7 Å². The summed E-state index contributed by atoms with van der Waals surface area (Å²) in [6.07, 6.45) is 0.662. The van der Waals surface area contributed by atoms with Crippen LogP contribution in [0.5, 0.6) is 0 Å². The topological polar surface area (TPSA) is 70.8 Å². The van der Waals surface area contributed by atoms with Gasteiger partial charge in [0.1, 0.15) is 0 Å². The minimum atomic E-state index is -0.338. The van der Waals surface area contributed by atoms with Crippen molar-refractivity contribution in [1.29, 1.82) is 0 Å². The fourth-order valence-corrected chi connectivity index (χ4v) is 1.75. The van der Waals surface area contributed by atoms with Crippen molar-refractivity contribution in [3.63, 3.8) is 0 Å². The van der Waals surface area contributed by atoms with Crippen LogP contribution in [-0.2, 0) is 14.2 Å². The first-order valence-electron chi connectivity index (χ1n) is 6.66. The summed E-state index contributed by atoms with van der Waals surface area (Å²) in [5.41, 5.74) is 8.74. The lowest BCUT2D eigenvalue weighted by molar-refractivity contribution is 0.0385. The summed E-state index contributed by atoms with van der Waals surface area (Å²) in [7, 11) is 1.63. The van der Waals surface area contributed by atoms with Crippen LogP contribution < -0.4 is 5.73 Å². The maximum atomic E-state index is 12.0. The number of benzene rings is 1. The molecule has 0 saturated carbocycles. The smallest absolute Gasteiger partial charge is 0.338 e. The van der Waals surface area contributed by atoms with Crippen LogP contribution >= 0.6 is 0 Å². The molecule has 0 heterocycles. The number of ether oxygens (including phenoxy) is 3. The molecule has 0 fully saturated rings. The number of hydrogen-bond donors (Lipinski definition) is 1. The van der Waals surface area contributed by atoms with Gasteiger partial charge in [-0.1, -0.05) is 0 Å². The van der Waals surface area contributed by atoms with Crippen LogP contribution in [0.3, 0.4) is 0 Å². The number of nitrogens with two attached hydrogens (primary N) is 1. The summed E-state index contributed by atoms with van der Waals surface area (Å²) in [5, 5.41) is 0. The van der Waals surface area contributed by atoms with E-state index in [1.165, 1.54) is 0 Å². The van der Waals surface area contributed by atoms with E-state index in [1.807, 2.05) is 19.9 Å². The van der Waals surface area contributed by atoms with Crippen molar-refractivity contribution in [3.8, 4) is 0 Å². The van der Waals surface area contributed by atoms with Crippen LogP contribution in [0, 0.1) is 13.8 Å². The van der Waals surface area contributed by atoms with Crippen molar-refractivity contribution in [1.82, 2.24) is 0 Å². The monoisotopic (exact) mass is 281 g/mol. The van der Waals surface area contributed by atoms with Gasteiger partial charge in [0.15, 0.2) is 0 Å². The van der Waals surface area contributed by atoms with Gasteiger partial charge in [0.2, 0.25) is 0 Å². The van der Waals surface area contributed by atoms with Gasteiger partial charge in [-0.05, 0) is 37.1 Å². The molecule has 0 atom stereocenters. The molecule has 20 heavy (non-hydrogen) atoms. The zero-order valence-electron chi connectivity index (χ0n) is 12.4. The van der Waals surface area contributed by atoms with E-state index in [9.17, 15) is 4.79 Å². The lowest BCUT2D eigenvalue weighted by Gasteiger charge is -2.10. The molecule has 0 aliphatic carbocycles. The Labute approximate surface area is 120 Å². The van der Waals surface area contributed by atoms with Gasteiger partial charge in [0.05, 0.1) is 25.4 Å². The number of carbonyl (C=O) groups excluding carboxylic acids is 1. The first-order valence-corrected chi connectivity index (χ1v) is 6.66. The predicted molar refractivity (Wildman–Crippen MR) is 77.9 cm³/mol. The molecule has 1 rings (SSSR count). The van der Waals surface area contributed by atoms with Crippen molar-refractivity contribution in [2.45, 2.75) is 20.3 Å². The Kier molecular flexibility index (Phi) is 7.04. The highest BCUT2D eigenvalue weighted by atomic mass is 16.5. The SMILES string of the molecule is COCCOCCCOC(=O)c1cc(N)cc(C)c1C. The molecule has 0 aromatic heterocycles. The fourth-order valence-electron chi connectivity index (χ4n) is 1.75. The number of anilines is 1. The van der Waals surface area contributed by atoms with Gasteiger partial charge in [-0.25, -0.2) is 4.79 Å². The van der Waals surface area contributed by atoms with Crippen molar-refractivity contribution < 1.29 is 19.0 Å². The van der Waals surface area contributed by atoms with E-state index in [0.717, 1.165) is 11.1 Å². The second kappa shape index (κ2) is 8.55. The van der Waals surface area contributed by atoms with Crippen LogP contribution in [0.4, 0.5) is 5.69 Å². The van der Waals surface area contributed by atoms with Gasteiger partial charge in [-0.2, -0.15) is 0 Å². The molecule has 1 aromatic carbocycles. The van der Waals surface area contributed by atoms with Crippen LogP contribution in [0.2, 0.25) is 0 Å². The lowest BCUT2D eigenvalue weighted by atomic mass is 10.0. The zero-order valence-corrected chi connectivity index (χ0v) is 12.4. The second-order valence-electron chi connectivity index (χ2n) is 4.61. The standard InChI is InChI=1S/C15H23NO4/c1-11-9-13(16)10-14(12(11)2)15(17)20-6-4-5-19-8-7-18-3/h9-10H,4-8,16H2,1-3H3. The molecular formula is C15H23NO4. The summed E-state index contributed by atoms with van der Waals surface area (Å²) in [6, 6.07) is 3.50. The Bertz CT molecular complexity index is 446. The second-order valence-corrected chi connectivity index (χ2v) is 4.61. The van der Waals surface area contributed by atoms with Crippen molar-refractivity contribution in [2.24, 2.45) is 0 Å². The van der Waals surface area contributed by atoms with Gasteiger partial charge in [-0.3, -0.25) is 0 Å². The Balaban J connectivity index is 2.36. The van der Waals surface area contributed by atoms with Gasteiger partial charge >= 0.3 is 5.97 Å². The molecule has 0 bridgehead atoms. The third kappa shape index (κ3) is 5.19. The molecule has 0 saturated heterocycles. The number of hydrogen-bond acceptors (Lipinski definition) is 5. The molecule has 0 unspecified atom stereocenters. The molecule has 0 amide bonds. The molecule has 1 aromatic rings. The Morgan fingerprint density at radius 3 is 2.60 bits per heavy atom. The van der Waals surface area contributed by atoms with Gasteiger partial charge < -0.3 is 19.9 Å². The number of carbonyl (C=O) groups is 1. The van der Waals surface area contributed by atoms with Crippen LogP contribution in [0.1, 0.15) is 27.9 Å². The predicted octanol–water partition coefficient (Wildman–Crippen LogP) is 2.10. The van der Waals surface area contributed by atoms with Crippen molar-refractivity contribution in [2.75, 3.05) is 39.3 Å². The fraction of sp³-hybridized carbons (Fsp3) is 0.533. The molecule has 0 aliphatic heterocycles. The van der Waals surface area contributed by atoms with Gasteiger partial charge in [-0.15, -0.1) is 0 Å². The zero-order chi connectivity index (χ0) is 15.0. The first kappa shape index (κ1) is 16.5. The van der Waals surface area contributed by atoms with Crippen LogP contribution in [0.15, 0.2) is 12.1 Å². The highest BCUT2D eigenvalue weighted by Gasteiger charge is 2.12. The molecule has 112 valence electrons. The quantitative estimate of drug-likeness (QED) is 0.449. The average molecular weight is 281 g/mol. The minimum absolute atomic E-state index is 0.332. The van der Waals surface area contributed by atoms with Gasteiger partial charge in [0.25, 0.3) is 0 Å². The van der Waals surface area contributed by atoms with E-state index in [0.29, 0.717) is 44.1 Å². The highest BCUT2D eigenvalue weighted by molar-refractivity contribution is 5.92. The minimum Gasteiger partial charge on any atom is -0.462 e. The summed E-state index contributed by atoms with van der Waals surface area (Å²) in [4.78, 5) is 12.0. The maximum Gasteiger partial charge on any atom is 0.338 e. The molecule has 0 spiro atoms. The van der Waals surface area contributed by atoms with E-state index < -0.39 is 0 Å². The number of esters is 1. The molecule has 0 aliphatic rings.